The second-order valence-electron chi connectivity index (χ2n) is 12.7. The van der Waals surface area contributed by atoms with Crippen LogP contribution in [0.1, 0.15) is 63.5 Å². The SMILES string of the molecule is CC(C)C[C@@H](NC(=O)[C@@H](Cc1ccccc1)NC(=O)[C@H](N)Cc1ccccc1)C(=O)N[C@H](CCCCN)C(=O)N1CCC[C@H]1B(O)O. The third kappa shape index (κ3) is 12.1. The summed E-state index contributed by atoms with van der Waals surface area (Å²) >= 11 is 0. The van der Waals surface area contributed by atoms with Crippen LogP contribution in [0, 0.1) is 5.92 Å². The average Bonchev–Trinajstić information content (AvgIpc) is 3.55. The molecule has 0 saturated carbocycles. The number of hydrogen-bond donors (Lipinski definition) is 7. The van der Waals surface area contributed by atoms with Crippen LogP contribution in [-0.2, 0) is 32.0 Å². The fourth-order valence-electron chi connectivity index (χ4n) is 5.87. The van der Waals surface area contributed by atoms with E-state index < -0.39 is 60.9 Å². The standard InChI is InChI=1S/C34H51BN6O6/c1-23(2)20-28(32(43)38-27(16-9-10-18-36)34(45)41-19-11-17-30(41)35(46)47)40-33(44)29(22-25-14-7-4-8-15-25)39-31(42)26(37)21-24-12-5-3-6-13-24/h3-8,12-15,23,26-30,46-47H,9-11,16-22,36-37H2,1-2H3,(H,38,43)(H,39,42)(H,40,44)/t26-,27-,28-,29-,30+/m1/s1. The van der Waals surface area contributed by atoms with Crippen LogP contribution >= 0.6 is 0 Å². The normalized spacial score (nSPS) is 17.0. The van der Waals surface area contributed by atoms with Crippen LogP contribution < -0.4 is 27.4 Å². The maximum atomic E-state index is 13.8. The Morgan fingerprint density at radius 1 is 0.830 bits per heavy atom. The first-order valence-corrected chi connectivity index (χ1v) is 16.6. The minimum absolute atomic E-state index is 0.00593. The van der Waals surface area contributed by atoms with Gasteiger partial charge in [-0.1, -0.05) is 74.5 Å². The lowest BCUT2D eigenvalue weighted by atomic mass is 9.77. The summed E-state index contributed by atoms with van der Waals surface area (Å²) < 4.78 is 0. The molecule has 5 atom stereocenters. The highest BCUT2D eigenvalue weighted by molar-refractivity contribution is 6.43. The zero-order chi connectivity index (χ0) is 34.3. The maximum absolute atomic E-state index is 13.8. The fraction of sp³-hybridized carbons (Fsp3) is 0.529. The van der Waals surface area contributed by atoms with Crippen molar-refractivity contribution in [3.8, 4) is 0 Å². The topological polar surface area (TPSA) is 200 Å². The second-order valence-corrected chi connectivity index (χ2v) is 12.7. The van der Waals surface area contributed by atoms with E-state index in [1.165, 1.54) is 4.90 Å². The van der Waals surface area contributed by atoms with Gasteiger partial charge in [0.05, 0.1) is 12.0 Å². The molecule has 2 aromatic carbocycles. The molecule has 12 nitrogen and oxygen atoms in total. The molecule has 0 spiro atoms. The van der Waals surface area contributed by atoms with Crippen molar-refractivity contribution in [2.45, 2.75) is 95.3 Å². The zero-order valence-corrected chi connectivity index (χ0v) is 27.5. The molecule has 1 aliphatic rings. The maximum Gasteiger partial charge on any atom is 0.475 e. The number of carbonyl (C=O) groups excluding carboxylic acids is 4. The summed E-state index contributed by atoms with van der Waals surface area (Å²) in [5, 5.41) is 28.2. The second kappa shape index (κ2) is 19.1. The first-order chi connectivity index (χ1) is 22.5. The van der Waals surface area contributed by atoms with Crippen LogP contribution in [0.4, 0.5) is 0 Å². The molecule has 47 heavy (non-hydrogen) atoms. The number of nitrogens with two attached hydrogens (primary N) is 2. The summed E-state index contributed by atoms with van der Waals surface area (Å²) in [6.07, 6.45) is 3.33. The minimum atomic E-state index is -1.69. The van der Waals surface area contributed by atoms with Gasteiger partial charge in [0.1, 0.15) is 18.1 Å². The van der Waals surface area contributed by atoms with Gasteiger partial charge in [0.15, 0.2) is 0 Å². The van der Waals surface area contributed by atoms with E-state index in [-0.39, 0.29) is 25.2 Å². The predicted octanol–water partition coefficient (Wildman–Crippen LogP) is 0.432. The van der Waals surface area contributed by atoms with Crippen LogP contribution in [0.5, 0.6) is 0 Å². The molecule has 9 N–H and O–H groups in total. The van der Waals surface area contributed by atoms with Crippen LogP contribution in [0.15, 0.2) is 60.7 Å². The number of benzene rings is 2. The lowest BCUT2D eigenvalue weighted by Crippen LogP contribution is -2.59. The Morgan fingerprint density at radius 2 is 1.38 bits per heavy atom. The lowest BCUT2D eigenvalue weighted by molar-refractivity contribution is -0.138. The van der Waals surface area contributed by atoms with E-state index >= 15 is 0 Å². The number of carbonyl (C=O) groups is 4. The number of likely N-dealkylation sites (tertiary alicyclic amines) is 1. The Balaban J connectivity index is 1.78. The van der Waals surface area contributed by atoms with E-state index in [1.54, 1.807) is 0 Å². The molecule has 1 heterocycles. The van der Waals surface area contributed by atoms with Crippen molar-refractivity contribution in [3.05, 3.63) is 71.8 Å². The molecule has 13 heteroatoms. The van der Waals surface area contributed by atoms with E-state index in [4.69, 9.17) is 11.5 Å². The molecular weight excluding hydrogens is 599 g/mol. The Kier molecular flexibility index (Phi) is 15.3. The molecule has 0 aromatic heterocycles. The number of nitrogens with one attached hydrogen (secondary N) is 3. The van der Waals surface area contributed by atoms with Gasteiger partial charge in [-0.05, 0) is 68.5 Å². The number of hydrogen-bond acceptors (Lipinski definition) is 8. The van der Waals surface area contributed by atoms with Gasteiger partial charge in [0, 0.05) is 13.0 Å². The van der Waals surface area contributed by atoms with Crippen LogP contribution in [0.3, 0.4) is 0 Å². The molecule has 256 valence electrons. The van der Waals surface area contributed by atoms with Gasteiger partial charge < -0.3 is 42.4 Å². The molecule has 1 saturated heterocycles. The first-order valence-electron chi connectivity index (χ1n) is 16.6. The van der Waals surface area contributed by atoms with Crippen LogP contribution in [0.25, 0.3) is 0 Å². The summed E-state index contributed by atoms with van der Waals surface area (Å²) in [6, 6.07) is 14.7. The van der Waals surface area contributed by atoms with Crippen LogP contribution in [-0.4, -0.2) is 88.9 Å². The van der Waals surface area contributed by atoms with Gasteiger partial charge in [0.2, 0.25) is 23.6 Å². The molecule has 0 aliphatic carbocycles. The van der Waals surface area contributed by atoms with Gasteiger partial charge in [-0.3, -0.25) is 19.2 Å². The largest absolute Gasteiger partial charge is 0.475 e. The summed E-state index contributed by atoms with van der Waals surface area (Å²) in [5.41, 5.74) is 13.6. The van der Waals surface area contributed by atoms with Crippen molar-refractivity contribution in [3.63, 3.8) is 0 Å². The highest BCUT2D eigenvalue weighted by Crippen LogP contribution is 2.21. The van der Waals surface area contributed by atoms with Crippen molar-refractivity contribution in [1.82, 2.24) is 20.9 Å². The number of unbranched alkanes of at least 4 members (excludes halogenated alkanes) is 1. The van der Waals surface area contributed by atoms with Crippen molar-refractivity contribution >= 4 is 30.7 Å². The molecule has 2 aromatic rings. The first kappa shape index (κ1) is 37.7. The van der Waals surface area contributed by atoms with Crippen molar-refractivity contribution in [2.75, 3.05) is 13.1 Å². The minimum Gasteiger partial charge on any atom is -0.426 e. The van der Waals surface area contributed by atoms with Crippen molar-refractivity contribution < 1.29 is 29.2 Å². The van der Waals surface area contributed by atoms with Crippen LogP contribution in [0.2, 0.25) is 0 Å². The zero-order valence-electron chi connectivity index (χ0n) is 27.5. The Morgan fingerprint density at radius 3 is 1.96 bits per heavy atom. The number of amides is 4. The molecule has 0 radical (unpaired) electrons. The monoisotopic (exact) mass is 650 g/mol. The van der Waals surface area contributed by atoms with E-state index in [1.807, 2.05) is 74.5 Å². The van der Waals surface area contributed by atoms with Crippen molar-refractivity contribution in [1.29, 1.82) is 0 Å². The molecule has 1 aliphatic heterocycles. The molecule has 1 fully saturated rings. The van der Waals surface area contributed by atoms with E-state index in [0.29, 0.717) is 45.2 Å². The average molecular weight is 651 g/mol. The van der Waals surface area contributed by atoms with Crippen molar-refractivity contribution in [2.24, 2.45) is 17.4 Å². The molecular formula is C34H51BN6O6. The molecule has 0 unspecified atom stereocenters. The van der Waals surface area contributed by atoms with Gasteiger partial charge in [0.25, 0.3) is 0 Å². The van der Waals surface area contributed by atoms with Gasteiger partial charge in [-0.25, -0.2) is 0 Å². The Hall–Kier alpha value is -3.78. The summed E-state index contributed by atoms with van der Waals surface area (Å²) in [5.74, 6) is -2.73. The number of nitrogens with zero attached hydrogens (tertiary/aromatic N) is 1. The third-order valence-corrected chi connectivity index (χ3v) is 8.38. The van der Waals surface area contributed by atoms with Gasteiger partial charge in [-0.15, -0.1) is 0 Å². The predicted molar refractivity (Wildman–Crippen MR) is 181 cm³/mol. The van der Waals surface area contributed by atoms with E-state index in [9.17, 15) is 29.2 Å². The highest BCUT2D eigenvalue weighted by Gasteiger charge is 2.40. The van der Waals surface area contributed by atoms with E-state index in [0.717, 1.165) is 11.1 Å². The van der Waals surface area contributed by atoms with Gasteiger partial charge >= 0.3 is 7.12 Å². The molecule has 4 amide bonds. The quantitative estimate of drug-likeness (QED) is 0.0890. The molecule has 0 bridgehead atoms. The number of rotatable bonds is 18. The Labute approximate surface area is 278 Å². The molecule has 3 rings (SSSR count). The van der Waals surface area contributed by atoms with E-state index in [2.05, 4.69) is 16.0 Å². The smallest absolute Gasteiger partial charge is 0.426 e. The highest BCUT2D eigenvalue weighted by atomic mass is 16.4. The van der Waals surface area contributed by atoms with Gasteiger partial charge in [-0.2, -0.15) is 0 Å². The Bertz CT molecular complexity index is 1280. The third-order valence-electron chi connectivity index (χ3n) is 8.38. The fourth-order valence-corrected chi connectivity index (χ4v) is 5.87. The lowest BCUT2D eigenvalue weighted by Gasteiger charge is -2.31. The summed E-state index contributed by atoms with van der Waals surface area (Å²) in [7, 11) is -1.69. The summed E-state index contributed by atoms with van der Waals surface area (Å²) in [4.78, 5) is 55.8. The summed E-state index contributed by atoms with van der Waals surface area (Å²) in [6.45, 7) is 4.61.